The fourth-order valence-corrected chi connectivity index (χ4v) is 11.9. The van der Waals surface area contributed by atoms with Crippen molar-refractivity contribution in [3.8, 4) is 11.1 Å². The number of benzene rings is 8. The molecule has 0 saturated carbocycles. The average Bonchev–Trinajstić information content (AvgIpc) is 3.55. The maximum Gasteiger partial charge on any atom is 0.252 e. The summed E-state index contributed by atoms with van der Waals surface area (Å²) >= 11 is 0. The highest BCUT2D eigenvalue weighted by molar-refractivity contribution is 7.00. The van der Waals surface area contributed by atoms with Crippen LogP contribution in [-0.4, -0.2) is 6.71 Å². The van der Waals surface area contributed by atoms with Crippen LogP contribution in [0, 0.1) is 6.92 Å². The summed E-state index contributed by atoms with van der Waals surface area (Å²) in [4.78, 5) is 7.63. The van der Waals surface area contributed by atoms with Crippen molar-refractivity contribution >= 4 is 74.3 Å². The largest absolute Gasteiger partial charge is 0.311 e. The summed E-state index contributed by atoms with van der Waals surface area (Å²) in [5.74, 6) is 0. The average molecular weight is 942 g/mol. The van der Waals surface area contributed by atoms with Gasteiger partial charge < -0.3 is 14.7 Å². The van der Waals surface area contributed by atoms with E-state index < -0.39 is 0 Å². The van der Waals surface area contributed by atoms with Gasteiger partial charge in [0, 0.05) is 56.6 Å². The van der Waals surface area contributed by atoms with E-state index in [1.165, 1.54) is 94.9 Å². The molecule has 3 aliphatic rings. The molecule has 0 saturated heterocycles. The molecule has 72 heavy (non-hydrogen) atoms. The first-order valence-electron chi connectivity index (χ1n) is 26.3. The van der Waals surface area contributed by atoms with E-state index in [2.05, 4.69) is 282 Å². The van der Waals surface area contributed by atoms with Crippen LogP contribution in [0.5, 0.6) is 0 Å². The standard InChI is InChI=1S/C68H72BN3/c1-43-38-61-63-62(39-43)72(51-33-35-54-53-18-16-17-19-55(53)68(14,15)56(54)41-51)59-37-26-47(67(11,12)13)40-58(59)69(63)57-36-34-52(42-60(57)71(61)50-31-24-46(25-32-50)66(8,9)10)70(48-27-20-44(21-28-48)64(2,3)4)49-29-22-45(23-30-49)65(5,6)7/h16-42H,1-15H3. The molecule has 0 spiro atoms. The minimum Gasteiger partial charge on any atom is -0.311 e. The molecule has 0 bridgehead atoms. The number of rotatable bonds is 5. The molecule has 11 rings (SSSR count). The molecule has 1 aliphatic carbocycles. The Morgan fingerprint density at radius 3 is 1.42 bits per heavy atom. The van der Waals surface area contributed by atoms with Gasteiger partial charge in [-0.25, -0.2) is 0 Å². The normalized spacial score (nSPS) is 14.6. The molecule has 3 nitrogen and oxygen atoms in total. The van der Waals surface area contributed by atoms with Gasteiger partial charge in [0.1, 0.15) is 0 Å². The predicted octanol–water partition coefficient (Wildman–Crippen LogP) is 17.0. The van der Waals surface area contributed by atoms with Crippen LogP contribution in [0.4, 0.5) is 51.2 Å². The Balaban J connectivity index is 1.17. The molecule has 8 aromatic carbocycles. The van der Waals surface area contributed by atoms with Crippen LogP contribution in [-0.2, 0) is 27.1 Å². The quantitative estimate of drug-likeness (QED) is 0.159. The van der Waals surface area contributed by atoms with E-state index in [4.69, 9.17) is 0 Å². The second-order valence-electron chi connectivity index (χ2n) is 25.7. The third kappa shape index (κ3) is 7.79. The lowest BCUT2D eigenvalue weighted by atomic mass is 9.33. The SMILES string of the molecule is Cc1cc2c3c(c1)N(c1ccc(C(C)(C)C)cc1)c1cc(N(c4ccc(C(C)(C)C)cc4)c4ccc(C(C)(C)C)cc4)ccc1B3c1cc(C(C)(C)C)ccc1N2c1ccc2c(c1)C(C)(C)c1ccccc1-2. The summed E-state index contributed by atoms with van der Waals surface area (Å²) < 4.78 is 0. The predicted molar refractivity (Wildman–Crippen MR) is 312 cm³/mol. The van der Waals surface area contributed by atoms with E-state index in [1.54, 1.807) is 0 Å². The smallest absolute Gasteiger partial charge is 0.252 e. The van der Waals surface area contributed by atoms with Crippen LogP contribution in [0.2, 0.25) is 0 Å². The summed E-state index contributed by atoms with van der Waals surface area (Å²) in [6.45, 7) is 34.8. The highest BCUT2D eigenvalue weighted by Gasteiger charge is 2.45. The molecule has 2 heterocycles. The third-order valence-electron chi connectivity index (χ3n) is 16.1. The van der Waals surface area contributed by atoms with Crippen LogP contribution in [0.15, 0.2) is 164 Å². The van der Waals surface area contributed by atoms with Gasteiger partial charge >= 0.3 is 0 Å². The molecule has 362 valence electrons. The summed E-state index contributed by atoms with van der Waals surface area (Å²) in [5, 5.41) is 0. The lowest BCUT2D eigenvalue weighted by Gasteiger charge is -2.45. The number of fused-ring (bicyclic) bond motifs is 7. The molecule has 0 radical (unpaired) electrons. The highest BCUT2D eigenvalue weighted by Crippen LogP contribution is 2.52. The van der Waals surface area contributed by atoms with E-state index >= 15 is 0 Å². The van der Waals surface area contributed by atoms with Crippen LogP contribution in [0.1, 0.15) is 136 Å². The van der Waals surface area contributed by atoms with Crippen molar-refractivity contribution in [2.45, 2.75) is 131 Å². The molecule has 0 unspecified atom stereocenters. The minimum absolute atomic E-state index is 0.0148. The summed E-state index contributed by atoms with van der Waals surface area (Å²) in [6, 6.07) is 63.7. The lowest BCUT2D eigenvalue weighted by molar-refractivity contribution is 0.590. The van der Waals surface area contributed by atoms with Crippen molar-refractivity contribution in [2.24, 2.45) is 0 Å². The first-order chi connectivity index (χ1) is 33.9. The van der Waals surface area contributed by atoms with Crippen molar-refractivity contribution in [2.75, 3.05) is 14.7 Å². The van der Waals surface area contributed by atoms with Crippen LogP contribution in [0.3, 0.4) is 0 Å². The van der Waals surface area contributed by atoms with Gasteiger partial charge in [0.15, 0.2) is 0 Å². The maximum atomic E-state index is 2.59. The molecular weight excluding hydrogens is 870 g/mol. The van der Waals surface area contributed by atoms with Gasteiger partial charge in [-0.3, -0.25) is 0 Å². The first kappa shape index (κ1) is 47.5. The van der Waals surface area contributed by atoms with Crippen molar-refractivity contribution in [1.29, 1.82) is 0 Å². The molecule has 0 atom stereocenters. The van der Waals surface area contributed by atoms with Crippen molar-refractivity contribution in [3.05, 3.63) is 203 Å². The van der Waals surface area contributed by atoms with Gasteiger partial charge in [0.2, 0.25) is 0 Å². The van der Waals surface area contributed by atoms with Crippen molar-refractivity contribution < 1.29 is 0 Å². The first-order valence-corrected chi connectivity index (χ1v) is 26.3. The topological polar surface area (TPSA) is 9.72 Å². The maximum absolute atomic E-state index is 2.59. The molecule has 0 fully saturated rings. The summed E-state index contributed by atoms with van der Waals surface area (Å²) in [5.41, 5.74) is 26.5. The zero-order chi connectivity index (χ0) is 51.0. The molecule has 2 aliphatic heterocycles. The van der Waals surface area contributed by atoms with Gasteiger partial charge in [-0.15, -0.1) is 0 Å². The Morgan fingerprint density at radius 1 is 0.389 bits per heavy atom. The van der Waals surface area contributed by atoms with Crippen LogP contribution >= 0.6 is 0 Å². The van der Waals surface area contributed by atoms with Crippen molar-refractivity contribution in [3.63, 3.8) is 0 Å². The van der Waals surface area contributed by atoms with E-state index in [0.717, 1.165) is 22.7 Å². The molecule has 4 heteroatoms. The molecule has 8 aromatic rings. The zero-order valence-corrected chi connectivity index (χ0v) is 45.5. The number of anilines is 9. The fourth-order valence-electron chi connectivity index (χ4n) is 11.9. The number of nitrogens with zero attached hydrogens (tertiary/aromatic N) is 3. The lowest BCUT2D eigenvalue weighted by Crippen LogP contribution is -2.61. The van der Waals surface area contributed by atoms with Crippen LogP contribution in [0.25, 0.3) is 11.1 Å². The van der Waals surface area contributed by atoms with Gasteiger partial charge in [-0.1, -0.05) is 182 Å². The monoisotopic (exact) mass is 942 g/mol. The fraction of sp³-hybridized carbons (Fsp3) is 0.294. The number of aryl methyl sites for hydroxylation is 1. The van der Waals surface area contributed by atoms with E-state index in [1.807, 2.05) is 0 Å². The molecule has 0 N–H and O–H groups in total. The Bertz CT molecular complexity index is 3360. The van der Waals surface area contributed by atoms with E-state index in [9.17, 15) is 0 Å². The Kier molecular flexibility index (Phi) is 10.8. The Labute approximate surface area is 431 Å². The second-order valence-corrected chi connectivity index (χ2v) is 25.7. The van der Waals surface area contributed by atoms with E-state index in [0.29, 0.717) is 0 Å². The van der Waals surface area contributed by atoms with Crippen molar-refractivity contribution in [1.82, 2.24) is 0 Å². The third-order valence-corrected chi connectivity index (χ3v) is 16.1. The van der Waals surface area contributed by atoms with Gasteiger partial charge in [-0.2, -0.15) is 0 Å². The summed E-state index contributed by atoms with van der Waals surface area (Å²) in [6.07, 6.45) is 0. The summed E-state index contributed by atoms with van der Waals surface area (Å²) in [7, 11) is 0. The minimum atomic E-state index is -0.130. The Hall–Kier alpha value is -6.78. The number of hydrogen-bond acceptors (Lipinski definition) is 3. The van der Waals surface area contributed by atoms with Crippen LogP contribution < -0.4 is 31.1 Å². The molecule has 0 amide bonds. The van der Waals surface area contributed by atoms with Gasteiger partial charge in [0.25, 0.3) is 6.71 Å². The molecular formula is C68H72BN3. The zero-order valence-electron chi connectivity index (χ0n) is 45.5. The second kappa shape index (κ2) is 16.4. The highest BCUT2D eigenvalue weighted by atomic mass is 15.2. The van der Waals surface area contributed by atoms with Gasteiger partial charge in [0.05, 0.1) is 0 Å². The number of hydrogen-bond donors (Lipinski definition) is 0. The van der Waals surface area contributed by atoms with E-state index in [-0.39, 0.29) is 33.8 Å². The molecule has 0 aromatic heterocycles. The Morgan fingerprint density at radius 2 is 0.861 bits per heavy atom. The van der Waals surface area contributed by atoms with Gasteiger partial charge in [-0.05, 0) is 174 Å².